The number of hydrogen-bond donors (Lipinski definition) is 0. The zero-order chi connectivity index (χ0) is 20.4. The SMILES string of the molecule is COc1ccc(/C=C2/N=C(c3ccc(Cl)cc3)N(c3cccc(C)c3)C2=O)cc1. The lowest BCUT2D eigenvalue weighted by molar-refractivity contribution is -0.113. The monoisotopic (exact) mass is 402 g/mol. The average Bonchev–Trinajstić information content (AvgIpc) is 3.05. The van der Waals surface area contributed by atoms with Crippen molar-refractivity contribution in [3.8, 4) is 5.75 Å². The molecule has 4 rings (SSSR count). The van der Waals surface area contributed by atoms with E-state index < -0.39 is 0 Å². The fourth-order valence-corrected chi connectivity index (χ4v) is 3.30. The fourth-order valence-electron chi connectivity index (χ4n) is 3.17. The van der Waals surface area contributed by atoms with Crippen molar-refractivity contribution in [2.45, 2.75) is 6.92 Å². The first-order chi connectivity index (χ1) is 14.0. The number of methoxy groups -OCH3 is 1. The Kier molecular flexibility index (Phi) is 5.19. The van der Waals surface area contributed by atoms with Crippen molar-refractivity contribution < 1.29 is 9.53 Å². The van der Waals surface area contributed by atoms with Gasteiger partial charge in [0.05, 0.1) is 12.8 Å². The molecule has 0 N–H and O–H groups in total. The van der Waals surface area contributed by atoms with Crippen LogP contribution in [0.25, 0.3) is 6.08 Å². The summed E-state index contributed by atoms with van der Waals surface area (Å²) in [6.07, 6.45) is 1.79. The van der Waals surface area contributed by atoms with Crippen molar-refractivity contribution in [1.29, 1.82) is 0 Å². The number of amides is 1. The molecule has 1 aliphatic rings. The van der Waals surface area contributed by atoms with Gasteiger partial charge >= 0.3 is 0 Å². The van der Waals surface area contributed by atoms with Crippen molar-refractivity contribution >= 4 is 35.1 Å². The van der Waals surface area contributed by atoms with Gasteiger partial charge < -0.3 is 4.74 Å². The van der Waals surface area contributed by atoms with Crippen molar-refractivity contribution in [2.75, 3.05) is 12.0 Å². The minimum absolute atomic E-state index is 0.170. The van der Waals surface area contributed by atoms with E-state index >= 15 is 0 Å². The molecule has 1 heterocycles. The van der Waals surface area contributed by atoms with Gasteiger partial charge in [0.15, 0.2) is 0 Å². The summed E-state index contributed by atoms with van der Waals surface area (Å²) in [5.41, 5.74) is 3.92. The minimum Gasteiger partial charge on any atom is -0.497 e. The molecule has 0 bridgehead atoms. The van der Waals surface area contributed by atoms with Crippen LogP contribution in [-0.4, -0.2) is 18.9 Å². The predicted octanol–water partition coefficient (Wildman–Crippen LogP) is 5.49. The molecular weight excluding hydrogens is 384 g/mol. The van der Waals surface area contributed by atoms with Crippen LogP contribution in [0, 0.1) is 6.92 Å². The Morgan fingerprint density at radius 3 is 2.38 bits per heavy atom. The van der Waals surface area contributed by atoms with Gasteiger partial charge in [-0.1, -0.05) is 35.9 Å². The van der Waals surface area contributed by atoms with Crippen LogP contribution in [0.1, 0.15) is 16.7 Å². The smallest absolute Gasteiger partial charge is 0.282 e. The Bertz CT molecular complexity index is 1120. The third kappa shape index (κ3) is 3.93. The highest BCUT2D eigenvalue weighted by molar-refractivity contribution is 6.34. The van der Waals surface area contributed by atoms with Crippen LogP contribution in [0.15, 0.2) is 83.5 Å². The second-order valence-corrected chi connectivity index (χ2v) is 7.16. The molecule has 0 saturated heterocycles. The number of hydrogen-bond acceptors (Lipinski definition) is 3. The van der Waals surface area contributed by atoms with E-state index in [0.717, 1.165) is 28.1 Å². The number of ether oxygens (including phenoxy) is 1. The molecule has 4 nitrogen and oxygen atoms in total. The van der Waals surface area contributed by atoms with E-state index in [2.05, 4.69) is 4.99 Å². The van der Waals surface area contributed by atoms with Gasteiger partial charge in [-0.2, -0.15) is 0 Å². The predicted molar refractivity (Wildman–Crippen MR) is 118 cm³/mol. The summed E-state index contributed by atoms with van der Waals surface area (Å²) in [4.78, 5) is 19.6. The second kappa shape index (κ2) is 7.94. The zero-order valence-electron chi connectivity index (χ0n) is 16.1. The number of halogens is 1. The average molecular weight is 403 g/mol. The van der Waals surface area contributed by atoms with Crippen molar-refractivity contribution in [2.24, 2.45) is 4.99 Å². The normalized spacial score (nSPS) is 15.0. The summed E-state index contributed by atoms with van der Waals surface area (Å²) in [7, 11) is 1.62. The number of carbonyl (C=O) groups is 1. The van der Waals surface area contributed by atoms with Crippen molar-refractivity contribution in [3.05, 3.63) is 100 Å². The maximum atomic E-state index is 13.3. The first-order valence-electron chi connectivity index (χ1n) is 9.16. The molecule has 0 spiro atoms. The van der Waals surface area contributed by atoms with Gasteiger partial charge in [0.1, 0.15) is 17.3 Å². The van der Waals surface area contributed by atoms with Gasteiger partial charge in [0, 0.05) is 10.6 Å². The molecular formula is C24H19ClN2O2. The van der Waals surface area contributed by atoms with Crippen molar-refractivity contribution in [3.63, 3.8) is 0 Å². The third-order valence-corrected chi connectivity index (χ3v) is 4.89. The van der Waals surface area contributed by atoms with Gasteiger partial charge in [-0.3, -0.25) is 9.69 Å². The van der Waals surface area contributed by atoms with Gasteiger partial charge in [-0.25, -0.2) is 4.99 Å². The Balaban J connectivity index is 1.80. The molecule has 0 aliphatic carbocycles. The summed E-state index contributed by atoms with van der Waals surface area (Å²) in [5.74, 6) is 1.17. The summed E-state index contributed by atoms with van der Waals surface area (Å²) >= 11 is 6.04. The first-order valence-corrected chi connectivity index (χ1v) is 9.54. The lowest BCUT2D eigenvalue weighted by Crippen LogP contribution is -2.32. The molecule has 144 valence electrons. The lowest BCUT2D eigenvalue weighted by atomic mass is 10.1. The molecule has 0 atom stereocenters. The maximum absolute atomic E-state index is 13.3. The Hall–Kier alpha value is -3.37. The summed E-state index contributed by atoms with van der Waals surface area (Å²) in [5, 5.41) is 0.634. The molecule has 0 aromatic heterocycles. The number of amidine groups is 1. The highest BCUT2D eigenvalue weighted by atomic mass is 35.5. The molecule has 0 saturated carbocycles. The van der Waals surface area contributed by atoms with Crippen molar-refractivity contribution in [1.82, 2.24) is 0 Å². The van der Waals surface area contributed by atoms with E-state index in [1.165, 1.54) is 0 Å². The van der Waals surface area contributed by atoms with Gasteiger partial charge in [0.2, 0.25) is 0 Å². The van der Waals surface area contributed by atoms with Gasteiger partial charge in [-0.15, -0.1) is 0 Å². The molecule has 1 aliphatic heterocycles. The molecule has 29 heavy (non-hydrogen) atoms. The second-order valence-electron chi connectivity index (χ2n) is 6.72. The fraction of sp³-hybridized carbons (Fsp3) is 0.0833. The zero-order valence-corrected chi connectivity index (χ0v) is 16.9. The van der Waals surface area contributed by atoms with E-state index in [1.54, 1.807) is 30.2 Å². The molecule has 5 heteroatoms. The molecule has 0 unspecified atom stereocenters. The summed E-state index contributed by atoms with van der Waals surface area (Å²) < 4.78 is 5.20. The van der Waals surface area contributed by atoms with E-state index in [4.69, 9.17) is 16.3 Å². The van der Waals surface area contributed by atoms with Crippen LogP contribution < -0.4 is 9.64 Å². The number of benzene rings is 3. The summed E-state index contributed by atoms with van der Waals surface area (Å²) in [6.45, 7) is 2.00. The Morgan fingerprint density at radius 2 is 1.72 bits per heavy atom. The van der Waals surface area contributed by atoms with E-state index in [1.807, 2.05) is 67.6 Å². The topological polar surface area (TPSA) is 41.9 Å². The van der Waals surface area contributed by atoms with Crippen LogP contribution in [0.2, 0.25) is 5.02 Å². The minimum atomic E-state index is -0.170. The van der Waals surface area contributed by atoms with Gasteiger partial charge in [0.25, 0.3) is 5.91 Å². The van der Waals surface area contributed by atoms with E-state index in [0.29, 0.717) is 16.6 Å². The number of carbonyl (C=O) groups excluding carboxylic acids is 1. The molecule has 3 aromatic carbocycles. The lowest BCUT2D eigenvalue weighted by Gasteiger charge is -2.19. The quantitative estimate of drug-likeness (QED) is 0.541. The highest BCUT2D eigenvalue weighted by Gasteiger charge is 2.32. The number of rotatable bonds is 4. The number of anilines is 1. The van der Waals surface area contributed by atoms with Crippen LogP contribution in [0.5, 0.6) is 5.75 Å². The Labute approximate surface area is 174 Å². The molecule has 0 radical (unpaired) electrons. The van der Waals surface area contributed by atoms with E-state index in [9.17, 15) is 4.79 Å². The standard InChI is InChI=1S/C24H19ClN2O2/c1-16-4-3-5-20(14-16)27-23(18-8-10-19(25)11-9-18)26-22(24(27)28)15-17-6-12-21(29-2)13-7-17/h3-15H,1-2H3/b22-15+. The molecule has 0 fully saturated rings. The number of aliphatic imine (C=N–C) groups is 1. The number of aryl methyl sites for hydroxylation is 1. The van der Waals surface area contributed by atoms with Gasteiger partial charge in [-0.05, 0) is 72.7 Å². The largest absolute Gasteiger partial charge is 0.497 e. The van der Waals surface area contributed by atoms with Crippen LogP contribution in [-0.2, 0) is 4.79 Å². The summed E-state index contributed by atoms with van der Waals surface area (Å²) in [6, 6.07) is 22.6. The van der Waals surface area contributed by atoms with Crippen LogP contribution in [0.4, 0.5) is 5.69 Å². The maximum Gasteiger partial charge on any atom is 0.282 e. The molecule has 1 amide bonds. The van der Waals surface area contributed by atoms with Crippen LogP contribution in [0.3, 0.4) is 0 Å². The first kappa shape index (κ1) is 19.0. The number of nitrogens with zero attached hydrogens (tertiary/aromatic N) is 2. The third-order valence-electron chi connectivity index (χ3n) is 4.64. The van der Waals surface area contributed by atoms with Crippen LogP contribution >= 0.6 is 11.6 Å². The molecule has 3 aromatic rings. The highest BCUT2D eigenvalue weighted by Crippen LogP contribution is 2.29. The Morgan fingerprint density at radius 1 is 1.00 bits per heavy atom. The van der Waals surface area contributed by atoms with E-state index in [-0.39, 0.29) is 5.91 Å².